The summed E-state index contributed by atoms with van der Waals surface area (Å²) >= 11 is 5.91. The summed E-state index contributed by atoms with van der Waals surface area (Å²) < 4.78 is 26.1. The van der Waals surface area contributed by atoms with Crippen molar-refractivity contribution in [3.05, 3.63) is 47.4 Å². The van der Waals surface area contributed by atoms with Gasteiger partial charge in [0.2, 0.25) is 11.8 Å². The first-order valence-electron chi connectivity index (χ1n) is 10.5. The molecule has 1 aliphatic carbocycles. The highest BCUT2D eigenvalue weighted by Crippen LogP contribution is 2.40. The van der Waals surface area contributed by atoms with Gasteiger partial charge in [0.15, 0.2) is 0 Å². The first-order chi connectivity index (χ1) is 15.5. The van der Waals surface area contributed by atoms with E-state index in [4.69, 9.17) is 21.1 Å². The zero-order chi connectivity index (χ0) is 22.2. The van der Waals surface area contributed by atoms with Crippen molar-refractivity contribution in [2.45, 2.75) is 18.9 Å². The molecule has 3 aromatic rings. The number of anilines is 2. The fourth-order valence-corrected chi connectivity index (χ4v) is 4.95. The molecule has 2 aliphatic rings. The fraction of sp³-hybridized carbons (Fsp3) is 0.409. The molecule has 5 rings (SSSR count). The molecule has 0 radical (unpaired) electrons. The summed E-state index contributed by atoms with van der Waals surface area (Å²) in [7, 11) is 3.37. The first kappa shape index (κ1) is 20.8. The van der Waals surface area contributed by atoms with Gasteiger partial charge in [0.25, 0.3) is 0 Å². The molecular weight excluding hydrogens is 435 g/mol. The van der Waals surface area contributed by atoms with Crippen molar-refractivity contribution in [3.8, 4) is 17.6 Å². The highest BCUT2D eigenvalue weighted by molar-refractivity contribution is 6.30. The summed E-state index contributed by atoms with van der Waals surface area (Å²) in [5, 5.41) is 8.23. The van der Waals surface area contributed by atoms with Crippen LogP contribution in [0.3, 0.4) is 0 Å². The van der Waals surface area contributed by atoms with E-state index < -0.39 is 5.82 Å². The minimum absolute atomic E-state index is 0.260. The lowest BCUT2D eigenvalue weighted by Gasteiger charge is -2.39. The molecule has 0 spiro atoms. The van der Waals surface area contributed by atoms with E-state index in [1.807, 2.05) is 12.1 Å². The van der Waals surface area contributed by atoms with Crippen LogP contribution in [0.25, 0.3) is 0 Å². The molecule has 0 amide bonds. The Morgan fingerprint density at radius 3 is 2.66 bits per heavy atom. The van der Waals surface area contributed by atoms with Crippen LogP contribution >= 0.6 is 11.6 Å². The first-order valence-corrected chi connectivity index (χ1v) is 10.9. The van der Waals surface area contributed by atoms with Crippen molar-refractivity contribution in [1.82, 2.24) is 19.7 Å². The van der Waals surface area contributed by atoms with Crippen LogP contribution in [0.15, 0.2) is 36.5 Å². The third kappa shape index (κ3) is 4.17. The van der Waals surface area contributed by atoms with Crippen molar-refractivity contribution in [2.75, 3.05) is 30.4 Å². The van der Waals surface area contributed by atoms with Crippen LogP contribution in [0, 0.1) is 17.7 Å². The van der Waals surface area contributed by atoms with Gasteiger partial charge >= 0.3 is 6.01 Å². The van der Waals surface area contributed by atoms with E-state index in [0.717, 1.165) is 31.6 Å². The molecule has 1 aromatic carbocycles. The fourth-order valence-electron chi connectivity index (χ4n) is 4.74. The van der Waals surface area contributed by atoms with Crippen molar-refractivity contribution < 1.29 is 13.9 Å². The Balaban J connectivity index is 1.28. The monoisotopic (exact) mass is 458 g/mol. The second kappa shape index (κ2) is 8.46. The topological polar surface area (TPSA) is 77.3 Å². The van der Waals surface area contributed by atoms with E-state index in [-0.39, 0.29) is 22.8 Å². The smallest absolute Gasteiger partial charge is 0.321 e. The number of nitrogens with zero attached hydrogens (tertiary/aromatic N) is 5. The van der Waals surface area contributed by atoms with E-state index in [2.05, 4.69) is 25.3 Å². The number of pyridine rings is 1. The number of aromatic nitrogens is 4. The Hall–Kier alpha value is -3.07. The quantitative estimate of drug-likeness (QED) is 0.595. The van der Waals surface area contributed by atoms with Crippen LogP contribution in [0.1, 0.15) is 12.8 Å². The number of hydrogen-bond donors (Lipinski definition) is 1. The highest BCUT2D eigenvalue weighted by atomic mass is 35.5. The third-order valence-corrected chi connectivity index (χ3v) is 6.41. The van der Waals surface area contributed by atoms with Gasteiger partial charge in [-0.05, 0) is 42.9 Å². The van der Waals surface area contributed by atoms with Gasteiger partial charge in [0, 0.05) is 55.2 Å². The predicted molar refractivity (Wildman–Crippen MR) is 119 cm³/mol. The van der Waals surface area contributed by atoms with Crippen LogP contribution in [0.5, 0.6) is 17.6 Å². The number of fused-ring (bicyclic) bond motifs is 2. The Morgan fingerprint density at radius 1 is 1.16 bits per heavy atom. The van der Waals surface area contributed by atoms with E-state index in [1.54, 1.807) is 20.4 Å². The number of aryl methyl sites for hydroxylation is 1. The Morgan fingerprint density at radius 2 is 1.94 bits per heavy atom. The van der Waals surface area contributed by atoms with Crippen LogP contribution in [0.4, 0.5) is 16.0 Å². The molecule has 1 saturated carbocycles. The van der Waals surface area contributed by atoms with Gasteiger partial charge < -0.3 is 19.7 Å². The van der Waals surface area contributed by atoms with Crippen LogP contribution in [0.2, 0.25) is 5.02 Å². The molecule has 10 heteroatoms. The highest BCUT2D eigenvalue weighted by Gasteiger charge is 2.42. The molecule has 2 fully saturated rings. The minimum Gasteiger partial charge on any atom is -0.481 e. The largest absolute Gasteiger partial charge is 0.481 e. The third-order valence-electron chi connectivity index (χ3n) is 6.19. The zero-order valence-electron chi connectivity index (χ0n) is 17.8. The standard InChI is InChI=1S/C22H24ClFN6O2/c1-29-22(32-18-8-15(23)7-16(24)9-18)27-21(28-29)26-20-13-3-4-14(20)12-30(11-13)17-5-6-25-19(10-17)31-2/h5-10,13-14,20H,3-4,11-12H2,1-2H3,(H,26,28)/t13-,14+,20+. The van der Waals surface area contributed by atoms with Crippen molar-refractivity contribution in [1.29, 1.82) is 0 Å². The second-order valence-electron chi connectivity index (χ2n) is 8.28. The summed E-state index contributed by atoms with van der Waals surface area (Å²) in [4.78, 5) is 11.1. The molecule has 1 saturated heterocycles. The number of halogens is 2. The predicted octanol–water partition coefficient (Wildman–Crippen LogP) is 4.13. The molecule has 8 nitrogen and oxygen atoms in total. The number of rotatable bonds is 6. The Bertz CT molecular complexity index is 1090. The van der Waals surface area contributed by atoms with E-state index in [9.17, 15) is 4.39 Å². The molecule has 3 heterocycles. The maximum absolute atomic E-state index is 13.6. The summed E-state index contributed by atoms with van der Waals surface area (Å²) in [5.41, 5.74) is 1.13. The van der Waals surface area contributed by atoms with E-state index >= 15 is 0 Å². The molecular formula is C22H24ClFN6O2. The van der Waals surface area contributed by atoms with Gasteiger partial charge in [-0.25, -0.2) is 14.1 Å². The van der Waals surface area contributed by atoms with E-state index in [0.29, 0.717) is 23.7 Å². The lowest BCUT2D eigenvalue weighted by atomic mass is 9.92. The number of nitrogens with one attached hydrogen (secondary N) is 1. The summed E-state index contributed by atoms with van der Waals surface area (Å²) in [5.74, 6) is 1.89. The summed E-state index contributed by atoms with van der Waals surface area (Å²) in [6, 6.07) is 8.58. The summed E-state index contributed by atoms with van der Waals surface area (Å²) in [6.07, 6.45) is 4.09. The number of hydrogen-bond acceptors (Lipinski definition) is 7. The minimum atomic E-state index is -0.469. The number of ether oxygens (including phenoxy) is 2. The SMILES string of the molecule is COc1cc(N2C[C@H]3CC[C@@H](C2)[C@H]3Nc2nc(Oc3cc(F)cc(Cl)c3)n(C)n2)ccn1. The van der Waals surface area contributed by atoms with Crippen LogP contribution in [-0.2, 0) is 7.05 Å². The van der Waals surface area contributed by atoms with Crippen molar-refractivity contribution in [2.24, 2.45) is 18.9 Å². The van der Waals surface area contributed by atoms with Crippen LogP contribution < -0.4 is 19.7 Å². The maximum Gasteiger partial charge on any atom is 0.321 e. The van der Waals surface area contributed by atoms with Crippen molar-refractivity contribution >= 4 is 23.2 Å². The lowest BCUT2D eigenvalue weighted by Crippen LogP contribution is -2.48. The molecule has 2 aromatic heterocycles. The normalized spacial score (nSPS) is 22.1. The van der Waals surface area contributed by atoms with Gasteiger partial charge in [-0.1, -0.05) is 11.6 Å². The van der Waals surface area contributed by atoms with Crippen molar-refractivity contribution in [3.63, 3.8) is 0 Å². The van der Waals surface area contributed by atoms with Gasteiger partial charge in [-0.2, -0.15) is 4.98 Å². The molecule has 168 valence electrons. The maximum atomic E-state index is 13.6. The summed E-state index contributed by atoms with van der Waals surface area (Å²) in [6.45, 7) is 1.89. The average Bonchev–Trinajstić information content (AvgIpc) is 3.20. The van der Waals surface area contributed by atoms with Gasteiger partial charge in [0.05, 0.1) is 7.11 Å². The molecule has 3 atom stereocenters. The zero-order valence-corrected chi connectivity index (χ0v) is 18.6. The molecule has 0 unspecified atom stereocenters. The molecule has 1 N–H and O–H groups in total. The Kier molecular flexibility index (Phi) is 5.50. The number of methoxy groups -OCH3 is 1. The van der Waals surface area contributed by atoms with Crippen LogP contribution in [-0.4, -0.2) is 46.0 Å². The lowest BCUT2D eigenvalue weighted by molar-refractivity contribution is 0.374. The van der Waals surface area contributed by atoms with Gasteiger partial charge in [0.1, 0.15) is 11.6 Å². The number of piperidine rings is 1. The number of benzene rings is 1. The molecule has 32 heavy (non-hydrogen) atoms. The molecule has 2 bridgehead atoms. The van der Waals surface area contributed by atoms with E-state index in [1.165, 1.54) is 22.9 Å². The second-order valence-corrected chi connectivity index (χ2v) is 8.71. The average molecular weight is 459 g/mol. The van der Waals surface area contributed by atoms with Gasteiger partial charge in [-0.15, -0.1) is 5.10 Å². The van der Waals surface area contributed by atoms with Gasteiger partial charge in [-0.3, -0.25) is 0 Å². The molecule has 1 aliphatic heterocycles. The Labute approximate surface area is 190 Å².